The van der Waals surface area contributed by atoms with E-state index in [-0.39, 0.29) is 11.5 Å². The lowest BCUT2D eigenvalue weighted by Crippen LogP contribution is -3.61. The zero-order valence-electron chi connectivity index (χ0n) is 30.3. The molecule has 0 aliphatic carbocycles. The molecule has 340 valence electrons. The molecule has 0 aliphatic rings. The van der Waals surface area contributed by atoms with Crippen LogP contribution in [0.2, 0.25) is 0 Å². The summed E-state index contributed by atoms with van der Waals surface area (Å²) in [5.74, 6) is -72.2. The van der Waals surface area contributed by atoms with Gasteiger partial charge in [0.25, 0.3) is 0 Å². The summed E-state index contributed by atoms with van der Waals surface area (Å²) in [4.78, 5) is 22.4. The molecule has 2 aromatic heterocycles. The van der Waals surface area contributed by atoms with Gasteiger partial charge in [-0.05, 0) is 12.1 Å². The van der Waals surface area contributed by atoms with E-state index < -0.39 is 177 Å². The molecule has 6 rings (SSSR count). The van der Waals surface area contributed by atoms with Gasteiger partial charge in [0.05, 0.1) is 14.2 Å². The third-order valence-corrected chi connectivity index (χ3v) is 11.0. The molecule has 0 bridgehead atoms. The molecular formula is C36H10BF20IO6. The zero-order valence-corrected chi connectivity index (χ0v) is 32.4. The van der Waals surface area contributed by atoms with Crippen molar-refractivity contribution < 1.29 is 137 Å². The minimum Gasteiger partial charge on any atom is -0.463 e. The molecule has 0 spiro atoms. The van der Waals surface area contributed by atoms with Gasteiger partial charge in [-0.1, -0.05) is 0 Å². The summed E-state index contributed by atoms with van der Waals surface area (Å²) in [6.07, 6.45) is -7.22. The standard InChI is InChI=1S/C24BF20.C12H10IO6/c26-5-1(6(27)14(35)21(42)13(5)34)25(2-7(28)15(36)22(43)16(37)8(2)29,3-9(30)17(38)23(44)18(39)10(3)31)4-11(32)19(40)24(45)20(41)12(4)33;1-16-11(14)7-3-5-9(18-7)13-10-6-4-8(19-10)12(15)17-2/h;3-6H,1-2H3/q-1;+1. The first-order chi connectivity index (χ1) is 29.8. The first kappa shape index (κ1) is 48.8. The molecule has 0 fully saturated rings. The normalized spacial score (nSPS) is 11.5. The van der Waals surface area contributed by atoms with Gasteiger partial charge in [0.2, 0.25) is 11.5 Å². The number of carbonyl (C=O) groups is 2. The molecule has 0 radical (unpaired) electrons. The summed E-state index contributed by atoms with van der Waals surface area (Å²) in [6.45, 7) is 0. The Labute approximate surface area is 350 Å². The van der Waals surface area contributed by atoms with Crippen molar-refractivity contribution in [3.63, 3.8) is 0 Å². The van der Waals surface area contributed by atoms with Gasteiger partial charge in [0, 0.05) is 12.1 Å². The van der Waals surface area contributed by atoms with Crippen LogP contribution in [-0.4, -0.2) is 32.3 Å². The van der Waals surface area contributed by atoms with Crippen LogP contribution in [-0.2, 0) is 9.47 Å². The van der Waals surface area contributed by atoms with Crippen LogP contribution < -0.4 is 43.1 Å². The number of ether oxygens (including phenoxy) is 2. The number of hydrogen-bond acceptors (Lipinski definition) is 6. The maximum Gasteiger partial charge on any atom is 0.443 e. The summed E-state index contributed by atoms with van der Waals surface area (Å²) in [5, 5.41) is 0. The summed E-state index contributed by atoms with van der Waals surface area (Å²) in [6, 6.07) is 6.48. The van der Waals surface area contributed by atoms with E-state index in [1.807, 2.05) is 0 Å². The van der Waals surface area contributed by atoms with Gasteiger partial charge in [0.1, 0.15) is 52.7 Å². The Kier molecular flexibility index (Phi) is 13.8. The second-order valence-electron chi connectivity index (χ2n) is 12.1. The molecule has 0 amide bonds. The lowest BCUT2D eigenvalue weighted by atomic mass is 9.12. The van der Waals surface area contributed by atoms with Gasteiger partial charge < -0.3 is 18.3 Å². The second kappa shape index (κ2) is 18.1. The van der Waals surface area contributed by atoms with Gasteiger partial charge in [-0.15, -0.1) is 21.9 Å². The van der Waals surface area contributed by atoms with Gasteiger partial charge in [-0.2, -0.15) is 0 Å². The van der Waals surface area contributed by atoms with Crippen molar-refractivity contribution in [3.05, 3.63) is 160 Å². The number of esters is 2. The Morgan fingerprint density at radius 2 is 0.547 bits per heavy atom. The predicted molar refractivity (Wildman–Crippen MR) is 167 cm³/mol. The van der Waals surface area contributed by atoms with Crippen LogP contribution in [0.5, 0.6) is 0 Å². The monoisotopic (exact) mass is 1060 g/mol. The van der Waals surface area contributed by atoms with Gasteiger partial charge in [-0.3, -0.25) is 0 Å². The molecular weight excluding hydrogens is 1050 g/mol. The lowest BCUT2D eigenvalue weighted by molar-refractivity contribution is -0.636. The van der Waals surface area contributed by atoms with Crippen molar-refractivity contribution in [1.82, 2.24) is 0 Å². The molecule has 6 nitrogen and oxygen atoms in total. The zero-order chi connectivity index (χ0) is 48.2. The molecule has 0 atom stereocenters. The van der Waals surface area contributed by atoms with Gasteiger partial charge in [0.15, 0.2) is 69.8 Å². The average molecular weight is 1060 g/mol. The Hall–Kier alpha value is -6.23. The van der Waals surface area contributed by atoms with Crippen LogP contribution in [0.3, 0.4) is 0 Å². The highest BCUT2D eigenvalue weighted by atomic mass is 127. The average Bonchev–Trinajstić information content (AvgIpc) is 3.96. The van der Waals surface area contributed by atoms with Crippen molar-refractivity contribution in [3.8, 4) is 0 Å². The fraction of sp³-hybridized carbons (Fsp3) is 0.0556. The van der Waals surface area contributed by atoms with E-state index in [9.17, 15) is 62.3 Å². The van der Waals surface area contributed by atoms with Crippen LogP contribution in [0.25, 0.3) is 0 Å². The number of furan rings is 2. The highest BCUT2D eigenvalue weighted by Gasteiger charge is 2.52. The van der Waals surface area contributed by atoms with E-state index in [1.54, 1.807) is 24.3 Å². The maximum absolute atomic E-state index is 15.4. The number of benzene rings is 4. The second-order valence-corrected chi connectivity index (χ2v) is 14.8. The molecule has 0 saturated carbocycles. The van der Waals surface area contributed by atoms with Crippen LogP contribution >= 0.6 is 0 Å². The minimum absolute atomic E-state index is 0.150. The fourth-order valence-corrected chi connectivity index (χ4v) is 8.05. The van der Waals surface area contributed by atoms with E-state index in [2.05, 4.69) is 9.47 Å². The van der Waals surface area contributed by atoms with Gasteiger partial charge >= 0.3 is 40.7 Å². The molecule has 0 unspecified atom stereocenters. The summed E-state index contributed by atoms with van der Waals surface area (Å²) in [5.41, 5.74) is -14.3. The van der Waals surface area contributed by atoms with Crippen LogP contribution in [0.4, 0.5) is 87.8 Å². The first-order valence-corrected chi connectivity index (χ1v) is 18.2. The third-order valence-electron chi connectivity index (χ3n) is 8.81. The summed E-state index contributed by atoms with van der Waals surface area (Å²) >= 11 is -0.740. The molecule has 2 heterocycles. The van der Waals surface area contributed by atoms with Crippen molar-refractivity contribution in [1.29, 1.82) is 0 Å². The smallest absolute Gasteiger partial charge is 0.443 e. The number of carbonyl (C=O) groups excluding carboxylic acids is 2. The van der Waals surface area contributed by atoms with Gasteiger partial charge in [-0.25, -0.2) is 97.4 Å². The lowest BCUT2D eigenvalue weighted by Gasteiger charge is -2.44. The Morgan fingerprint density at radius 1 is 0.359 bits per heavy atom. The number of rotatable bonds is 8. The highest BCUT2D eigenvalue weighted by Crippen LogP contribution is 2.30. The van der Waals surface area contributed by atoms with E-state index >= 15 is 35.1 Å². The Bertz CT molecular complexity index is 2470. The molecule has 0 saturated heterocycles. The van der Waals surface area contributed by atoms with Crippen LogP contribution in [0.15, 0.2) is 33.1 Å². The maximum atomic E-state index is 15.4. The molecule has 28 heteroatoms. The quantitative estimate of drug-likeness (QED) is 0.0562. The van der Waals surface area contributed by atoms with E-state index in [0.717, 1.165) is 0 Å². The van der Waals surface area contributed by atoms with Crippen LogP contribution in [0, 0.1) is 124 Å². The van der Waals surface area contributed by atoms with Crippen molar-refractivity contribution in [2.45, 2.75) is 0 Å². The topological polar surface area (TPSA) is 78.9 Å². The van der Waals surface area contributed by atoms with Crippen molar-refractivity contribution in [2.75, 3.05) is 14.2 Å². The number of hydrogen-bond donors (Lipinski definition) is 0. The predicted octanol–water partition coefficient (Wildman–Crippen LogP) is 4.42. The SMILES string of the molecule is COC(=O)c1ccc([I+]c2ccc(C(=O)OC)o2)o1.Fc1c(F)c(F)c([B-](c2c(F)c(F)c(F)c(F)c2F)(c2c(F)c(F)c(F)c(F)c2F)c2c(F)c(F)c(F)c(F)c2F)c(F)c1F. The van der Waals surface area contributed by atoms with Crippen LogP contribution in [0.1, 0.15) is 21.1 Å². The summed E-state index contributed by atoms with van der Waals surface area (Å²) < 4.78 is 315. The largest absolute Gasteiger partial charge is 0.463 e. The number of halogens is 21. The molecule has 0 aliphatic heterocycles. The first-order valence-electron chi connectivity index (χ1n) is 16.1. The Morgan fingerprint density at radius 3 is 0.734 bits per heavy atom. The van der Waals surface area contributed by atoms with Crippen molar-refractivity contribution >= 4 is 39.9 Å². The van der Waals surface area contributed by atoms with E-state index in [0.29, 0.717) is 7.53 Å². The molecule has 64 heavy (non-hydrogen) atoms. The summed E-state index contributed by atoms with van der Waals surface area (Å²) in [7, 11) is 2.57. The van der Waals surface area contributed by atoms with E-state index in [1.165, 1.54) is 14.2 Å². The highest BCUT2D eigenvalue weighted by molar-refractivity contribution is 7.20. The van der Waals surface area contributed by atoms with E-state index in [4.69, 9.17) is 8.83 Å². The molecule has 0 N–H and O–H groups in total. The third kappa shape index (κ3) is 7.66. The Balaban J connectivity index is 0.000000337. The molecule has 6 aromatic rings. The molecule has 4 aromatic carbocycles. The van der Waals surface area contributed by atoms with Crippen molar-refractivity contribution in [2.24, 2.45) is 0 Å². The fourth-order valence-electron chi connectivity index (χ4n) is 6.12. The number of methoxy groups -OCH3 is 2. The minimum atomic E-state index is -7.22.